The van der Waals surface area contributed by atoms with Crippen molar-refractivity contribution in [1.29, 1.82) is 0 Å². The molecule has 11 nitrogen and oxygen atoms in total. The number of anilines is 2. The van der Waals surface area contributed by atoms with E-state index in [1.807, 2.05) is 44.2 Å². The van der Waals surface area contributed by atoms with Gasteiger partial charge in [0.1, 0.15) is 11.6 Å². The third-order valence-corrected chi connectivity index (χ3v) is 7.66. The van der Waals surface area contributed by atoms with E-state index in [1.54, 1.807) is 24.3 Å². The maximum absolute atomic E-state index is 14.0. The molecule has 0 atom stereocenters. The van der Waals surface area contributed by atoms with Crippen LogP contribution in [0.25, 0.3) is 0 Å². The average molecular weight is 611 g/mol. The summed E-state index contributed by atoms with van der Waals surface area (Å²) in [5.74, 6) is -0.635. The van der Waals surface area contributed by atoms with Crippen LogP contribution in [0.4, 0.5) is 21.0 Å². The van der Waals surface area contributed by atoms with Crippen LogP contribution in [0.1, 0.15) is 42.6 Å². The Morgan fingerprint density at radius 3 is 2.23 bits per heavy atom. The molecule has 0 saturated heterocycles. The van der Waals surface area contributed by atoms with Crippen LogP contribution in [0.5, 0.6) is 5.75 Å². The van der Waals surface area contributed by atoms with Crippen molar-refractivity contribution in [1.82, 2.24) is 9.80 Å². The van der Waals surface area contributed by atoms with Crippen molar-refractivity contribution in [2.75, 3.05) is 36.1 Å². The zero-order valence-electron chi connectivity index (χ0n) is 24.5. The molecular formula is C31H38N4O7S. The van der Waals surface area contributed by atoms with Crippen molar-refractivity contribution >= 4 is 39.4 Å². The maximum Gasteiger partial charge on any atom is 0.409 e. The first kappa shape index (κ1) is 32.9. The second kappa shape index (κ2) is 15.6. The molecule has 0 aliphatic rings. The SMILES string of the molecule is COc1ccc(NS(=O)(=O)CN(CCCc2ccccc2)C(=O)N(CCC(C)C)C(=O)c2cccc(NC(=O)O)c2)cc1. The molecule has 0 aromatic heterocycles. The summed E-state index contributed by atoms with van der Waals surface area (Å²) in [7, 11) is -2.56. The molecule has 3 rings (SSSR count). The second-order valence-corrected chi connectivity index (χ2v) is 12.1. The van der Waals surface area contributed by atoms with E-state index in [1.165, 1.54) is 31.4 Å². The van der Waals surface area contributed by atoms with Crippen molar-refractivity contribution < 1.29 is 32.6 Å². The Labute approximate surface area is 252 Å². The standard InChI is InChI=1S/C31H38N4O7S/c1-23(2)18-20-35(29(36)25-12-7-13-27(21-25)32-30(37)38)31(39)34(19-8-11-24-9-5-4-6-10-24)22-43(40,41)33-26-14-16-28(42-3)17-15-26/h4-7,9-10,12-17,21,23,32-33H,8,11,18-20,22H2,1-3H3,(H,37,38). The molecular weight excluding hydrogens is 572 g/mol. The van der Waals surface area contributed by atoms with Crippen LogP contribution in [0.2, 0.25) is 0 Å². The van der Waals surface area contributed by atoms with E-state index in [9.17, 15) is 22.8 Å². The number of ether oxygens (including phenoxy) is 1. The molecule has 4 amide bonds. The molecule has 0 spiro atoms. The molecule has 0 aliphatic carbocycles. The number of imide groups is 1. The topological polar surface area (TPSA) is 145 Å². The number of hydrogen-bond acceptors (Lipinski definition) is 6. The van der Waals surface area contributed by atoms with Gasteiger partial charge in [-0.3, -0.25) is 19.7 Å². The van der Waals surface area contributed by atoms with Crippen molar-refractivity contribution in [3.05, 3.63) is 90.0 Å². The van der Waals surface area contributed by atoms with Gasteiger partial charge >= 0.3 is 12.1 Å². The van der Waals surface area contributed by atoms with Crippen LogP contribution in [-0.4, -0.2) is 67.4 Å². The molecule has 230 valence electrons. The van der Waals surface area contributed by atoms with Crippen LogP contribution in [0, 0.1) is 5.92 Å². The normalized spacial score (nSPS) is 11.1. The first-order valence-corrected chi connectivity index (χ1v) is 15.5. The fourth-order valence-corrected chi connectivity index (χ4v) is 5.47. The Bertz CT molecular complexity index is 1480. The molecule has 0 aliphatic heterocycles. The van der Waals surface area contributed by atoms with E-state index in [0.29, 0.717) is 30.7 Å². The lowest BCUT2D eigenvalue weighted by atomic mass is 10.1. The Morgan fingerprint density at radius 2 is 1.60 bits per heavy atom. The van der Waals surface area contributed by atoms with Crippen molar-refractivity contribution in [2.24, 2.45) is 5.92 Å². The largest absolute Gasteiger partial charge is 0.497 e. The third-order valence-electron chi connectivity index (χ3n) is 6.46. The molecule has 0 bridgehead atoms. The minimum Gasteiger partial charge on any atom is -0.497 e. The summed E-state index contributed by atoms with van der Waals surface area (Å²) in [5.41, 5.74) is 1.59. The number of sulfonamides is 1. The highest BCUT2D eigenvalue weighted by Gasteiger charge is 2.30. The molecule has 0 fully saturated rings. The fourth-order valence-electron chi connectivity index (χ4n) is 4.26. The van der Waals surface area contributed by atoms with Crippen LogP contribution in [0.15, 0.2) is 78.9 Å². The average Bonchev–Trinajstić information content (AvgIpc) is 2.97. The number of nitrogens with zero attached hydrogens (tertiary/aromatic N) is 2. The number of hydrogen-bond donors (Lipinski definition) is 3. The van der Waals surface area contributed by atoms with Crippen LogP contribution >= 0.6 is 0 Å². The maximum atomic E-state index is 14.0. The number of nitrogens with one attached hydrogen (secondary N) is 2. The number of aryl methyl sites for hydroxylation is 1. The van der Waals surface area contributed by atoms with Gasteiger partial charge in [0, 0.05) is 30.0 Å². The minimum atomic E-state index is -4.07. The number of benzene rings is 3. The summed E-state index contributed by atoms with van der Waals surface area (Å²) >= 11 is 0. The van der Waals surface area contributed by atoms with Gasteiger partial charge in [0.2, 0.25) is 0 Å². The highest BCUT2D eigenvalue weighted by Crippen LogP contribution is 2.19. The first-order valence-electron chi connectivity index (χ1n) is 13.9. The molecule has 0 saturated carbocycles. The van der Waals surface area contributed by atoms with E-state index in [0.717, 1.165) is 15.4 Å². The summed E-state index contributed by atoms with van der Waals surface area (Å²) in [4.78, 5) is 41.0. The zero-order chi connectivity index (χ0) is 31.4. The van der Waals surface area contributed by atoms with Crippen LogP contribution in [0.3, 0.4) is 0 Å². The van der Waals surface area contributed by atoms with Gasteiger partial charge in [-0.1, -0.05) is 50.2 Å². The summed E-state index contributed by atoms with van der Waals surface area (Å²) < 4.78 is 34.2. The van der Waals surface area contributed by atoms with Gasteiger partial charge in [-0.25, -0.2) is 18.0 Å². The molecule has 0 unspecified atom stereocenters. The number of urea groups is 1. The highest BCUT2D eigenvalue weighted by atomic mass is 32.2. The highest BCUT2D eigenvalue weighted by molar-refractivity contribution is 7.92. The van der Waals surface area contributed by atoms with Gasteiger partial charge in [0.15, 0.2) is 0 Å². The van der Waals surface area contributed by atoms with E-state index < -0.39 is 33.9 Å². The fraction of sp³-hybridized carbons (Fsp3) is 0.323. The Hall–Kier alpha value is -4.58. The van der Waals surface area contributed by atoms with E-state index in [-0.39, 0.29) is 30.3 Å². The van der Waals surface area contributed by atoms with Gasteiger partial charge in [0.25, 0.3) is 15.9 Å². The summed E-state index contributed by atoms with van der Waals surface area (Å²) in [6.45, 7) is 4.02. The lowest BCUT2D eigenvalue weighted by molar-refractivity contribution is 0.0757. The molecule has 12 heteroatoms. The number of amides is 4. The minimum absolute atomic E-state index is 0.0487. The predicted molar refractivity (Wildman–Crippen MR) is 166 cm³/mol. The summed E-state index contributed by atoms with van der Waals surface area (Å²) in [5, 5.41) is 11.3. The third kappa shape index (κ3) is 10.6. The second-order valence-electron chi connectivity index (χ2n) is 10.4. The number of carbonyl (C=O) groups excluding carboxylic acids is 2. The van der Waals surface area contributed by atoms with Gasteiger partial charge in [-0.2, -0.15) is 0 Å². The number of carboxylic acid groups (broad SMARTS) is 1. The zero-order valence-corrected chi connectivity index (χ0v) is 25.3. The van der Waals surface area contributed by atoms with Crippen LogP contribution < -0.4 is 14.8 Å². The van der Waals surface area contributed by atoms with E-state index in [4.69, 9.17) is 9.84 Å². The van der Waals surface area contributed by atoms with Crippen molar-refractivity contribution in [3.63, 3.8) is 0 Å². The summed E-state index contributed by atoms with van der Waals surface area (Å²) in [6, 6.07) is 21.0. The van der Waals surface area contributed by atoms with Crippen molar-refractivity contribution in [3.8, 4) is 5.75 Å². The predicted octanol–water partition coefficient (Wildman–Crippen LogP) is 5.73. The number of rotatable bonds is 14. The Kier molecular flexibility index (Phi) is 11.9. The molecule has 3 aromatic rings. The molecule has 43 heavy (non-hydrogen) atoms. The monoisotopic (exact) mass is 610 g/mol. The van der Waals surface area contributed by atoms with Crippen LogP contribution in [-0.2, 0) is 16.4 Å². The lowest BCUT2D eigenvalue weighted by Crippen LogP contribution is -2.49. The van der Waals surface area contributed by atoms with Crippen molar-refractivity contribution in [2.45, 2.75) is 33.1 Å². The molecule has 3 aromatic carbocycles. The Morgan fingerprint density at radius 1 is 0.907 bits per heavy atom. The van der Waals surface area contributed by atoms with E-state index in [2.05, 4.69) is 10.0 Å². The smallest absolute Gasteiger partial charge is 0.409 e. The quantitative estimate of drug-likeness (QED) is 0.211. The van der Waals surface area contributed by atoms with Gasteiger partial charge < -0.3 is 14.7 Å². The molecule has 3 N–H and O–H groups in total. The van der Waals surface area contributed by atoms with Gasteiger partial charge in [-0.15, -0.1) is 0 Å². The van der Waals surface area contributed by atoms with Gasteiger partial charge in [-0.05, 0) is 73.2 Å². The molecule has 0 heterocycles. The van der Waals surface area contributed by atoms with Gasteiger partial charge in [0.05, 0.1) is 7.11 Å². The van der Waals surface area contributed by atoms with E-state index >= 15 is 0 Å². The Balaban J connectivity index is 1.89. The lowest BCUT2D eigenvalue weighted by Gasteiger charge is -2.30. The summed E-state index contributed by atoms with van der Waals surface area (Å²) in [6.07, 6.45) is 0.243. The number of carbonyl (C=O) groups is 3. The molecule has 0 radical (unpaired) electrons. The first-order chi connectivity index (χ1) is 20.5. The number of methoxy groups -OCH3 is 1.